The third kappa shape index (κ3) is 6.31. The van der Waals surface area contributed by atoms with Crippen molar-refractivity contribution in [3.05, 3.63) is 102 Å². The number of furan rings is 1. The van der Waals surface area contributed by atoms with Gasteiger partial charge in [0.15, 0.2) is 0 Å². The van der Waals surface area contributed by atoms with E-state index in [0.717, 1.165) is 9.87 Å². The molecule has 0 spiro atoms. The maximum atomic E-state index is 13.2. The molecule has 2 aromatic heterocycles. The highest BCUT2D eigenvalue weighted by atomic mass is 32.2. The normalized spacial score (nSPS) is 11.3. The number of benzene rings is 2. The number of aromatic nitrogens is 1. The molecule has 194 valence electrons. The minimum Gasteiger partial charge on any atom is -0.462 e. The van der Waals surface area contributed by atoms with E-state index in [1.54, 1.807) is 73.7 Å². The first-order chi connectivity index (χ1) is 18.4. The van der Waals surface area contributed by atoms with E-state index in [-0.39, 0.29) is 10.7 Å². The van der Waals surface area contributed by atoms with Crippen molar-refractivity contribution < 1.29 is 27.2 Å². The molecule has 0 atom stereocenters. The summed E-state index contributed by atoms with van der Waals surface area (Å²) in [5, 5.41) is 3.89. The highest BCUT2D eigenvalue weighted by Crippen LogP contribution is 2.23. The molecule has 4 aromatic rings. The lowest BCUT2D eigenvalue weighted by Gasteiger charge is -2.22. The molecule has 2 aromatic carbocycles. The van der Waals surface area contributed by atoms with Crippen molar-refractivity contribution in [3.63, 3.8) is 0 Å². The number of pyridine rings is 1. The summed E-state index contributed by atoms with van der Waals surface area (Å²) in [7, 11) is -4.05. The first-order valence-electron chi connectivity index (χ1n) is 11.6. The molecule has 0 fully saturated rings. The van der Waals surface area contributed by atoms with Gasteiger partial charge in [0.2, 0.25) is 0 Å². The molecular formula is C27H24N4O6S. The highest BCUT2D eigenvalue weighted by molar-refractivity contribution is 7.92. The van der Waals surface area contributed by atoms with Gasteiger partial charge in [-0.3, -0.25) is 4.79 Å². The first-order valence-corrected chi connectivity index (χ1v) is 13.0. The van der Waals surface area contributed by atoms with Crippen LogP contribution in [0.4, 0.5) is 5.82 Å². The van der Waals surface area contributed by atoms with Gasteiger partial charge in [-0.05, 0) is 55.5 Å². The molecule has 10 nitrogen and oxygen atoms in total. The Morgan fingerprint density at radius 3 is 2.42 bits per heavy atom. The van der Waals surface area contributed by atoms with Crippen LogP contribution in [0.5, 0.6) is 0 Å². The van der Waals surface area contributed by atoms with Gasteiger partial charge >= 0.3 is 5.97 Å². The molecule has 0 radical (unpaired) electrons. The maximum Gasteiger partial charge on any atom is 0.338 e. The molecule has 2 heterocycles. The first kappa shape index (κ1) is 26.3. The fourth-order valence-corrected chi connectivity index (χ4v) is 4.80. The Balaban J connectivity index is 1.42. The minimum absolute atomic E-state index is 0.0281. The number of sulfonamides is 1. The smallest absolute Gasteiger partial charge is 0.338 e. The quantitative estimate of drug-likeness (QED) is 0.186. The highest BCUT2D eigenvalue weighted by Gasteiger charge is 2.27. The van der Waals surface area contributed by atoms with Crippen LogP contribution >= 0.6 is 0 Å². The van der Waals surface area contributed by atoms with E-state index in [0.29, 0.717) is 23.7 Å². The molecule has 0 aliphatic rings. The van der Waals surface area contributed by atoms with Gasteiger partial charge in [-0.15, -0.1) is 0 Å². The van der Waals surface area contributed by atoms with Crippen LogP contribution in [-0.2, 0) is 19.6 Å². The summed E-state index contributed by atoms with van der Waals surface area (Å²) in [6, 6.07) is 22.7. The number of nitrogens with zero attached hydrogens (tertiary/aromatic N) is 3. The number of amides is 1. The van der Waals surface area contributed by atoms with Gasteiger partial charge < -0.3 is 9.15 Å². The molecule has 11 heteroatoms. The molecule has 0 aliphatic carbocycles. The van der Waals surface area contributed by atoms with E-state index in [9.17, 15) is 18.0 Å². The number of hydrazone groups is 1. The minimum atomic E-state index is -4.05. The van der Waals surface area contributed by atoms with Crippen LogP contribution in [0.3, 0.4) is 0 Å². The maximum absolute atomic E-state index is 13.2. The summed E-state index contributed by atoms with van der Waals surface area (Å²) in [5.41, 5.74) is 3.49. The second-order valence-electron chi connectivity index (χ2n) is 7.81. The van der Waals surface area contributed by atoms with Crippen LogP contribution < -0.4 is 9.73 Å². The van der Waals surface area contributed by atoms with E-state index in [1.807, 2.05) is 0 Å². The van der Waals surface area contributed by atoms with Crippen molar-refractivity contribution in [1.29, 1.82) is 0 Å². The second kappa shape index (κ2) is 12.0. The SMILES string of the molecule is CCOC(=O)c1ccc(-c2ccc(C=NNC(=O)CN(c3ccccn3)S(=O)(=O)c3ccccc3)o2)cc1. The molecule has 1 N–H and O–H groups in total. The summed E-state index contributed by atoms with van der Waals surface area (Å²) in [4.78, 5) is 28.6. The van der Waals surface area contributed by atoms with E-state index in [1.165, 1.54) is 30.6 Å². The third-order valence-electron chi connectivity index (χ3n) is 5.21. The third-order valence-corrected chi connectivity index (χ3v) is 6.98. The monoisotopic (exact) mass is 532 g/mol. The molecule has 1 amide bonds. The Bertz CT molecular complexity index is 1520. The lowest BCUT2D eigenvalue weighted by molar-refractivity contribution is -0.119. The van der Waals surface area contributed by atoms with Crippen molar-refractivity contribution in [1.82, 2.24) is 10.4 Å². The summed E-state index contributed by atoms with van der Waals surface area (Å²) in [6.07, 6.45) is 2.74. The van der Waals surface area contributed by atoms with E-state index in [2.05, 4.69) is 15.5 Å². The molecule has 0 bridgehead atoms. The number of hydrogen-bond acceptors (Lipinski definition) is 8. The molecule has 0 saturated carbocycles. The zero-order valence-electron chi connectivity index (χ0n) is 20.4. The van der Waals surface area contributed by atoms with Crippen LogP contribution in [0.15, 0.2) is 106 Å². The number of hydrogen-bond donors (Lipinski definition) is 1. The summed E-state index contributed by atoms with van der Waals surface area (Å²) < 4.78 is 38.1. The topological polar surface area (TPSA) is 131 Å². The van der Waals surface area contributed by atoms with Crippen LogP contribution in [0, 0.1) is 0 Å². The van der Waals surface area contributed by atoms with Gasteiger partial charge in [-0.1, -0.05) is 36.4 Å². The molecule has 0 saturated heterocycles. The van der Waals surface area contributed by atoms with Crippen molar-refractivity contribution in [2.75, 3.05) is 17.5 Å². The zero-order chi connectivity index (χ0) is 27.0. The molecular weight excluding hydrogens is 508 g/mol. The fourth-order valence-electron chi connectivity index (χ4n) is 3.41. The van der Waals surface area contributed by atoms with Crippen LogP contribution in [0.2, 0.25) is 0 Å². The van der Waals surface area contributed by atoms with E-state index < -0.39 is 28.4 Å². The Labute approximate surface area is 219 Å². The molecule has 38 heavy (non-hydrogen) atoms. The summed E-state index contributed by atoms with van der Waals surface area (Å²) in [5.74, 6) is -0.0927. The van der Waals surface area contributed by atoms with E-state index >= 15 is 0 Å². The fraction of sp³-hybridized carbons (Fsp3) is 0.111. The Hall–Kier alpha value is -4.77. The lowest BCUT2D eigenvalue weighted by atomic mass is 10.1. The van der Waals surface area contributed by atoms with Gasteiger partial charge in [0.05, 0.1) is 23.3 Å². The predicted octanol–water partition coefficient (Wildman–Crippen LogP) is 3.86. The molecule has 4 rings (SSSR count). The number of carbonyl (C=O) groups excluding carboxylic acids is 2. The average Bonchev–Trinajstić information content (AvgIpc) is 3.42. The zero-order valence-corrected chi connectivity index (χ0v) is 21.2. The lowest BCUT2D eigenvalue weighted by Crippen LogP contribution is -2.40. The largest absolute Gasteiger partial charge is 0.462 e. The number of ether oxygens (including phenoxy) is 1. The molecule has 0 aliphatic heterocycles. The Morgan fingerprint density at radius 2 is 1.74 bits per heavy atom. The predicted molar refractivity (Wildman–Crippen MR) is 141 cm³/mol. The Kier molecular flexibility index (Phi) is 8.29. The Morgan fingerprint density at radius 1 is 1.00 bits per heavy atom. The summed E-state index contributed by atoms with van der Waals surface area (Å²) in [6.45, 7) is 1.49. The van der Waals surface area contributed by atoms with Crippen molar-refractivity contribution in [2.45, 2.75) is 11.8 Å². The van der Waals surface area contributed by atoms with Crippen LogP contribution in [-0.4, -0.2) is 44.6 Å². The molecule has 0 unspecified atom stereocenters. The van der Waals surface area contributed by atoms with Crippen molar-refractivity contribution in [3.8, 4) is 11.3 Å². The number of esters is 1. The average molecular weight is 533 g/mol. The van der Waals surface area contributed by atoms with Gasteiger partial charge in [-0.2, -0.15) is 5.10 Å². The van der Waals surface area contributed by atoms with Crippen molar-refractivity contribution >= 4 is 33.9 Å². The van der Waals surface area contributed by atoms with Gasteiger partial charge in [0.1, 0.15) is 23.9 Å². The van der Waals surface area contributed by atoms with Crippen LogP contribution in [0.25, 0.3) is 11.3 Å². The number of rotatable bonds is 10. The van der Waals surface area contributed by atoms with Gasteiger partial charge in [-0.25, -0.2) is 27.9 Å². The van der Waals surface area contributed by atoms with Gasteiger partial charge in [0, 0.05) is 11.8 Å². The number of carbonyl (C=O) groups is 2. The number of nitrogens with one attached hydrogen (secondary N) is 1. The second-order valence-corrected chi connectivity index (χ2v) is 9.67. The summed E-state index contributed by atoms with van der Waals surface area (Å²) >= 11 is 0. The van der Waals surface area contributed by atoms with E-state index in [4.69, 9.17) is 9.15 Å². The standard InChI is InChI=1S/C27H24N4O6S/c1-2-36-27(33)21-13-11-20(12-14-21)24-16-15-22(37-24)18-29-30-26(32)19-31(25-10-6-7-17-28-25)38(34,35)23-8-4-3-5-9-23/h3-18H,2,19H2,1H3,(H,30,32). The van der Waals surface area contributed by atoms with Gasteiger partial charge in [0.25, 0.3) is 15.9 Å². The van der Waals surface area contributed by atoms with Crippen LogP contribution in [0.1, 0.15) is 23.0 Å². The van der Waals surface area contributed by atoms with Crippen molar-refractivity contribution in [2.24, 2.45) is 5.10 Å². The number of anilines is 1.